The van der Waals surface area contributed by atoms with E-state index in [4.69, 9.17) is 0 Å². The fraction of sp³-hybridized carbons (Fsp3) is 0.720. The third kappa shape index (κ3) is 13.4. The normalized spacial score (nSPS) is 18.6. The molecule has 0 spiro atoms. The summed E-state index contributed by atoms with van der Waals surface area (Å²) >= 11 is 0. The minimum atomic E-state index is -0.393. The number of nitrogens with zero attached hydrogens (tertiary/aromatic N) is 4. The van der Waals surface area contributed by atoms with Gasteiger partial charge in [-0.3, -0.25) is 43.6 Å². The van der Waals surface area contributed by atoms with Crippen molar-refractivity contribution >= 4 is 29.0 Å². The van der Waals surface area contributed by atoms with Crippen LogP contribution in [0.25, 0.3) is 0 Å². The van der Waals surface area contributed by atoms with Crippen LogP contribution in [0.15, 0.2) is 12.7 Å². The smallest absolute Gasteiger partial charge is 0.243 e. The molecule has 1 unspecified atom stereocenters. The zero-order valence-corrected chi connectivity index (χ0v) is 21.9. The Morgan fingerprint density at radius 3 is 1.40 bits per heavy atom. The van der Waals surface area contributed by atoms with Gasteiger partial charge in [0.1, 0.15) is 23.1 Å². The number of nitrogens with one attached hydrogen (secondary N) is 1. The molecule has 1 atom stereocenters. The van der Waals surface area contributed by atoms with Crippen molar-refractivity contribution in [1.29, 1.82) is 0 Å². The van der Waals surface area contributed by atoms with E-state index in [0.717, 1.165) is 0 Å². The molecule has 1 fully saturated rings. The molecule has 1 aliphatic heterocycles. The lowest BCUT2D eigenvalue weighted by Crippen LogP contribution is -2.51. The monoisotopic (exact) mass is 493 g/mol. The molecule has 0 bridgehead atoms. The van der Waals surface area contributed by atoms with E-state index in [9.17, 15) is 24.0 Å². The minimum absolute atomic E-state index is 0.00816. The maximum Gasteiger partial charge on any atom is 0.243 e. The Bertz CT molecular complexity index is 725. The number of hydrogen-bond donors (Lipinski definition) is 1. The number of hydrogen-bond acceptors (Lipinski definition) is 9. The van der Waals surface area contributed by atoms with E-state index in [1.807, 2.05) is 0 Å². The van der Waals surface area contributed by atoms with Crippen molar-refractivity contribution < 1.29 is 24.0 Å². The average Bonchev–Trinajstić information content (AvgIpc) is 2.75. The van der Waals surface area contributed by atoms with Gasteiger partial charge in [0.2, 0.25) is 5.91 Å². The fourth-order valence-corrected chi connectivity index (χ4v) is 4.33. The highest BCUT2D eigenvalue weighted by Gasteiger charge is 2.25. The zero-order chi connectivity index (χ0) is 26.4. The summed E-state index contributed by atoms with van der Waals surface area (Å²) in [6.07, 6.45) is 1.66. The van der Waals surface area contributed by atoms with E-state index >= 15 is 0 Å². The van der Waals surface area contributed by atoms with Gasteiger partial charge in [-0.25, -0.2) is 0 Å². The Balaban J connectivity index is 3.09. The van der Waals surface area contributed by atoms with Gasteiger partial charge in [0, 0.05) is 58.9 Å². The molecule has 1 rings (SSSR count). The predicted molar refractivity (Wildman–Crippen MR) is 135 cm³/mol. The van der Waals surface area contributed by atoms with Gasteiger partial charge in [0.25, 0.3) is 0 Å². The molecule has 1 N–H and O–H groups in total. The first-order chi connectivity index (χ1) is 16.5. The lowest BCUT2D eigenvalue weighted by atomic mass is 10.1. The van der Waals surface area contributed by atoms with Crippen LogP contribution in [0.3, 0.4) is 0 Å². The summed E-state index contributed by atoms with van der Waals surface area (Å²) in [5.74, 6) is -0.0770. The highest BCUT2D eigenvalue weighted by Crippen LogP contribution is 2.09. The number of carbonyl (C=O) groups is 5. The molecule has 0 aromatic rings. The van der Waals surface area contributed by atoms with Crippen LogP contribution in [0, 0.1) is 0 Å². The molecule has 0 saturated carbocycles. The first kappa shape index (κ1) is 30.8. The molecule has 35 heavy (non-hydrogen) atoms. The third-order valence-corrected chi connectivity index (χ3v) is 6.02. The largest absolute Gasteiger partial charge is 0.352 e. The second kappa shape index (κ2) is 16.4. The number of Topliss-reactive ketones (excluding diaryl/α,β-unsaturated/α-hetero) is 4. The summed E-state index contributed by atoms with van der Waals surface area (Å²) in [6.45, 7) is 15.8. The SMILES string of the molecule is C=CC(=O)NCCC(C(C)=O)N1CCN(CC(C)=O)CCN(CC(C)=O)CCN(CC(C)=O)CC1. The van der Waals surface area contributed by atoms with Crippen molar-refractivity contribution in [2.24, 2.45) is 0 Å². The van der Waals surface area contributed by atoms with Gasteiger partial charge in [0.15, 0.2) is 0 Å². The Labute approximate surface area is 209 Å². The van der Waals surface area contributed by atoms with Crippen LogP contribution in [-0.4, -0.2) is 133 Å². The molecule has 1 aliphatic rings. The van der Waals surface area contributed by atoms with Crippen molar-refractivity contribution in [3.8, 4) is 0 Å². The molecule has 0 aromatic carbocycles. The molecule has 1 amide bonds. The van der Waals surface area contributed by atoms with E-state index in [1.165, 1.54) is 6.08 Å². The van der Waals surface area contributed by atoms with E-state index in [2.05, 4.69) is 31.5 Å². The number of ketones is 4. The molecular formula is C25H43N5O5. The van der Waals surface area contributed by atoms with Gasteiger partial charge in [-0.1, -0.05) is 6.58 Å². The highest BCUT2D eigenvalue weighted by molar-refractivity contribution is 5.87. The Kier molecular flexibility index (Phi) is 14.4. The maximum atomic E-state index is 12.6. The van der Waals surface area contributed by atoms with Crippen LogP contribution >= 0.6 is 0 Å². The van der Waals surface area contributed by atoms with Crippen LogP contribution in [-0.2, 0) is 24.0 Å². The molecule has 0 aromatic heterocycles. The first-order valence-electron chi connectivity index (χ1n) is 12.3. The second-order valence-electron chi connectivity index (χ2n) is 9.38. The Morgan fingerprint density at radius 1 is 0.714 bits per heavy atom. The van der Waals surface area contributed by atoms with Gasteiger partial charge in [-0.2, -0.15) is 0 Å². The fourth-order valence-electron chi connectivity index (χ4n) is 4.33. The van der Waals surface area contributed by atoms with Gasteiger partial charge >= 0.3 is 0 Å². The van der Waals surface area contributed by atoms with E-state index in [-0.39, 0.29) is 29.0 Å². The topological polar surface area (TPSA) is 110 Å². The van der Waals surface area contributed by atoms with Crippen LogP contribution in [0.1, 0.15) is 34.1 Å². The lowest BCUT2D eigenvalue weighted by Gasteiger charge is -2.36. The number of carbonyl (C=O) groups excluding carboxylic acids is 5. The van der Waals surface area contributed by atoms with Crippen molar-refractivity contribution in [2.45, 2.75) is 40.2 Å². The Hall–Kier alpha value is -2.27. The van der Waals surface area contributed by atoms with Crippen molar-refractivity contribution in [3.05, 3.63) is 12.7 Å². The molecule has 10 heteroatoms. The van der Waals surface area contributed by atoms with Gasteiger partial charge in [0.05, 0.1) is 25.7 Å². The molecule has 10 nitrogen and oxygen atoms in total. The summed E-state index contributed by atoms with van der Waals surface area (Å²) in [5, 5.41) is 2.74. The van der Waals surface area contributed by atoms with Crippen LogP contribution < -0.4 is 5.32 Å². The number of rotatable bonds is 12. The molecule has 1 saturated heterocycles. The first-order valence-corrected chi connectivity index (χ1v) is 12.3. The van der Waals surface area contributed by atoms with Crippen LogP contribution in [0.5, 0.6) is 0 Å². The molecule has 1 heterocycles. The summed E-state index contributed by atoms with van der Waals surface area (Å²) in [6, 6.07) is -0.393. The summed E-state index contributed by atoms with van der Waals surface area (Å²) in [7, 11) is 0. The van der Waals surface area contributed by atoms with Gasteiger partial charge in [-0.15, -0.1) is 0 Å². The second-order valence-corrected chi connectivity index (χ2v) is 9.38. The Morgan fingerprint density at radius 2 is 1.09 bits per heavy atom. The van der Waals surface area contributed by atoms with Crippen LogP contribution in [0.4, 0.5) is 0 Å². The average molecular weight is 494 g/mol. The quantitative estimate of drug-likeness (QED) is 0.364. The third-order valence-electron chi connectivity index (χ3n) is 6.02. The van der Waals surface area contributed by atoms with E-state index < -0.39 is 6.04 Å². The molecule has 198 valence electrons. The molecule has 0 radical (unpaired) electrons. The predicted octanol–water partition coefficient (Wildman–Crippen LogP) is -0.375. The summed E-state index contributed by atoms with van der Waals surface area (Å²) < 4.78 is 0. The molecular weight excluding hydrogens is 450 g/mol. The highest BCUT2D eigenvalue weighted by atomic mass is 16.2. The van der Waals surface area contributed by atoms with Gasteiger partial charge in [-0.05, 0) is 40.2 Å². The maximum absolute atomic E-state index is 12.6. The summed E-state index contributed by atoms with van der Waals surface area (Å²) in [5.41, 5.74) is 0. The van der Waals surface area contributed by atoms with E-state index in [0.29, 0.717) is 85.0 Å². The van der Waals surface area contributed by atoms with E-state index in [1.54, 1.807) is 27.7 Å². The van der Waals surface area contributed by atoms with Crippen molar-refractivity contribution in [2.75, 3.05) is 78.5 Å². The summed E-state index contributed by atoms with van der Waals surface area (Å²) in [4.78, 5) is 68.0. The van der Waals surface area contributed by atoms with Crippen molar-refractivity contribution in [3.63, 3.8) is 0 Å². The number of amides is 1. The van der Waals surface area contributed by atoms with Crippen molar-refractivity contribution in [1.82, 2.24) is 24.9 Å². The zero-order valence-electron chi connectivity index (χ0n) is 21.9. The standard InChI is InChI=1S/C25H43N5O5/c1-6-25(35)26-8-7-24(23(5)34)30-15-13-28(18-21(3)32)11-9-27(17-20(2)31)10-12-29(14-16-30)19-22(4)33/h6,24H,1,7-19H2,2-5H3,(H,26,35). The molecule has 0 aliphatic carbocycles. The van der Waals surface area contributed by atoms with Crippen LogP contribution in [0.2, 0.25) is 0 Å². The lowest BCUT2D eigenvalue weighted by molar-refractivity contribution is -0.124. The van der Waals surface area contributed by atoms with Gasteiger partial charge < -0.3 is 5.32 Å². The minimum Gasteiger partial charge on any atom is -0.352 e.